The average Bonchev–Trinajstić information content (AvgIpc) is 2.57. The SMILES string of the molecule is Cc1ccccc1N1N=C(C(=O)Nc2ccccc2)CCC1=O. The van der Waals surface area contributed by atoms with Gasteiger partial charge in [-0.15, -0.1) is 0 Å². The maximum Gasteiger partial charge on any atom is 0.271 e. The lowest BCUT2D eigenvalue weighted by Gasteiger charge is -2.24. The van der Waals surface area contributed by atoms with Crippen molar-refractivity contribution in [3.05, 3.63) is 60.2 Å². The van der Waals surface area contributed by atoms with E-state index in [4.69, 9.17) is 0 Å². The Morgan fingerprint density at radius 2 is 1.74 bits per heavy atom. The molecular formula is C18H17N3O2. The second-order valence-corrected chi connectivity index (χ2v) is 5.36. The van der Waals surface area contributed by atoms with Crippen molar-refractivity contribution >= 4 is 28.9 Å². The van der Waals surface area contributed by atoms with Crippen LogP contribution in [0.5, 0.6) is 0 Å². The molecule has 1 heterocycles. The molecule has 0 fully saturated rings. The van der Waals surface area contributed by atoms with Crippen LogP contribution < -0.4 is 10.3 Å². The first kappa shape index (κ1) is 15.0. The molecule has 0 unspecified atom stereocenters. The van der Waals surface area contributed by atoms with E-state index in [1.54, 1.807) is 0 Å². The van der Waals surface area contributed by atoms with E-state index in [1.807, 2.05) is 61.5 Å². The van der Waals surface area contributed by atoms with E-state index in [0.29, 0.717) is 23.5 Å². The van der Waals surface area contributed by atoms with Gasteiger partial charge in [-0.05, 0) is 30.7 Å². The van der Waals surface area contributed by atoms with E-state index < -0.39 is 0 Å². The predicted octanol–water partition coefficient (Wildman–Crippen LogP) is 3.12. The largest absolute Gasteiger partial charge is 0.321 e. The number of hydrogen-bond donors (Lipinski definition) is 1. The van der Waals surface area contributed by atoms with Gasteiger partial charge in [-0.3, -0.25) is 9.59 Å². The number of para-hydroxylation sites is 2. The van der Waals surface area contributed by atoms with Crippen LogP contribution >= 0.6 is 0 Å². The third-order valence-electron chi connectivity index (χ3n) is 3.67. The van der Waals surface area contributed by atoms with Crippen molar-refractivity contribution in [1.82, 2.24) is 0 Å². The van der Waals surface area contributed by atoms with Crippen molar-refractivity contribution in [2.75, 3.05) is 10.3 Å². The highest BCUT2D eigenvalue weighted by molar-refractivity contribution is 6.44. The van der Waals surface area contributed by atoms with Crippen LogP contribution in [0, 0.1) is 6.92 Å². The van der Waals surface area contributed by atoms with Crippen LogP contribution in [0.1, 0.15) is 18.4 Å². The van der Waals surface area contributed by atoms with Crippen molar-refractivity contribution in [2.24, 2.45) is 5.10 Å². The molecular weight excluding hydrogens is 290 g/mol. The van der Waals surface area contributed by atoms with Gasteiger partial charge >= 0.3 is 0 Å². The molecule has 2 amide bonds. The summed E-state index contributed by atoms with van der Waals surface area (Å²) in [4.78, 5) is 24.5. The number of carbonyl (C=O) groups excluding carboxylic acids is 2. The zero-order chi connectivity index (χ0) is 16.2. The summed E-state index contributed by atoms with van der Waals surface area (Å²) in [6.07, 6.45) is 0.620. The summed E-state index contributed by atoms with van der Waals surface area (Å²) in [7, 11) is 0. The second kappa shape index (κ2) is 6.44. The fourth-order valence-corrected chi connectivity index (χ4v) is 2.43. The van der Waals surface area contributed by atoms with Crippen molar-refractivity contribution < 1.29 is 9.59 Å². The summed E-state index contributed by atoms with van der Waals surface area (Å²) in [5.74, 6) is -0.377. The van der Waals surface area contributed by atoms with E-state index in [2.05, 4.69) is 10.4 Å². The average molecular weight is 307 g/mol. The summed E-state index contributed by atoms with van der Waals surface area (Å²) in [6.45, 7) is 1.91. The summed E-state index contributed by atoms with van der Waals surface area (Å²) >= 11 is 0. The summed E-state index contributed by atoms with van der Waals surface area (Å²) < 4.78 is 0. The lowest BCUT2D eigenvalue weighted by atomic mass is 10.1. The van der Waals surface area contributed by atoms with E-state index in [1.165, 1.54) is 5.01 Å². The van der Waals surface area contributed by atoms with E-state index in [0.717, 1.165) is 5.56 Å². The maximum atomic E-state index is 12.4. The van der Waals surface area contributed by atoms with Gasteiger partial charge in [0.1, 0.15) is 5.71 Å². The van der Waals surface area contributed by atoms with E-state index >= 15 is 0 Å². The Balaban J connectivity index is 1.85. The Labute approximate surface area is 134 Å². The number of anilines is 2. The summed E-state index contributed by atoms with van der Waals surface area (Å²) in [6, 6.07) is 16.7. The number of hydrazone groups is 1. The van der Waals surface area contributed by atoms with Crippen molar-refractivity contribution in [3.63, 3.8) is 0 Å². The molecule has 2 aromatic carbocycles. The zero-order valence-corrected chi connectivity index (χ0v) is 12.8. The van der Waals surface area contributed by atoms with Crippen molar-refractivity contribution in [2.45, 2.75) is 19.8 Å². The number of amides is 2. The van der Waals surface area contributed by atoms with Gasteiger partial charge in [0.2, 0.25) is 5.91 Å². The van der Waals surface area contributed by atoms with Crippen LogP contribution in [-0.2, 0) is 9.59 Å². The van der Waals surface area contributed by atoms with Crippen LogP contribution in [-0.4, -0.2) is 17.5 Å². The van der Waals surface area contributed by atoms with E-state index in [-0.39, 0.29) is 18.2 Å². The van der Waals surface area contributed by atoms with Gasteiger partial charge in [-0.2, -0.15) is 5.10 Å². The monoisotopic (exact) mass is 307 g/mol. The minimum atomic E-state index is -0.276. The Kier molecular flexibility index (Phi) is 4.19. The minimum absolute atomic E-state index is 0.101. The third-order valence-corrected chi connectivity index (χ3v) is 3.67. The van der Waals surface area contributed by atoms with Gasteiger partial charge in [0.15, 0.2) is 0 Å². The predicted molar refractivity (Wildman–Crippen MR) is 90.4 cm³/mol. The van der Waals surface area contributed by atoms with Crippen LogP contribution in [0.4, 0.5) is 11.4 Å². The smallest absolute Gasteiger partial charge is 0.271 e. The number of nitrogens with zero attached hydrogens (tertiary/aromatic N) is 2. The number of aryl methyl sites for hydroxylation is 1. The molecule has 0 aromatic heterocycles. The lowest BCUT2D eigenvalue weighted by Crippen LogP contribution is -2.36. The van der Waals surface area contributed by atoms with Crippen LogP contribution in [0.2, 0.25) is 0 Å². The molecule has 0 atom stereocenters. The molecule has 116 valence electrons. The first-order chi connectivity index (χ1) is 11.1. The van der Waals surface area contributed by atoms with Gasteiger partial charge in [0, 0.05) is 18.5 Å². The number of rotatable bonds is 3. The molecule has 0 spiro atoms. The van der Waals surface area contributed by atoms with Crippen LogP contribution in [0.25, 0.3) is 0 Å². The molecule has 5 heteroatoms. The summed E-state index contributed by atoms with van der Waals surface area (Å²) in [5, 5.41) is 8.42. The zero-order valence-electron chi connectivity index (χ0n) is 12.8. The molecule has 0 aliphatic carbocycles. The second-order valence-electron chi connectivity index (χ2n) is 5.36. The highest BCUT2D eigenvalue weighted by Crippen LogP contribution is 2.24. The van der Waals surface area contributed by atoms with Crippen molar-refractivity contribution in [3.8, 4) is 0 Å². The number of benzene rings is 2. The normalized spacial score (nSPS) is 14.4. The van der Waals surface area contributed by atoms with Gasteiger partial charge in [0.25, 0.3) is 5.91 Å². The van der Waals surface area contributed by atoms with Gasteiger partial charge in [0.05, 0.1) is 5.69 Å². The Hall–Kier alpha value is -2.95. The Bertz CT molecular complexity index is 769. The maximum absolute atomic E-state index is 12.4. The minimum Gasteiger partial charge on any atom is -0.321 e. The van der Waals surface area contributed by atoms with Gasteiger partial charge in [-0.1, -0.05) is 36.4 Å². The fraction of sp³-hybridized carbons (Fsp3) is 0.167. The number of nitrogens with one attached hydrogen (secondary N) is 1. The number of carbonyl (C=O) groups is 2. The molecule has 2 aromatic rings. The van der Waals surface area contributed by atoms with Crippen molar-refractivity contribution in [1.29, 1.82) is 0 Å². The standard InChI is InChI=1S/C18H17N3O2/c1-13-7-5-6-10-16(13)21-17(22)12-11-15(20-21)18(23)19-14-8-3-2-4-9-14/h2-10H,11-12H2,1H3,(H,19,23). The summed E-state index contributed by atoms with van der Waals surface area (Å²) in [5.41, 5.74) is 2.72. The Morgan fingerprint density at radius 1 is 1.04 bits per heavy atom. The molecule has 23 heavy (non-hydrogen) atoms. The number of hydrogen-bond acceptors (Lipinski definition) is 3. The highest BCUT2D eigenvalue weighted by atomic mass is 16.2. The molecule has 1 N–H and O–H groups in total. The topological polar surface area (TPSA) is 61.8 Å². The molecule has 0 saturated carbocycles. The highest BCUT2D eigenvalue weighted by Gasteiger charge is 2.26. The third kappa shape index (κ3) is 3.29. The van der Waals surface area contributed by atoms with Crippen LogP contribution in [0.15, 0.2) is 59.7 Å². The molecule has 5 nitrogen and oxygen atoms in total. The molecule has 0 radical (unpaired) electrons. The first-order valence-corrected chi connectivity index (χ1v) is 7.47. The fourth-order valence-electron chi connectivity index (χ4n) is 2.43. The lowest BCUT2D eigenvalue weighted by molar-refractivity contribution is -0.118. The molecule has 1 aliphatic rings. The van der Waals surface area contributed by atoms with Gasteiger partial charge in [-0.25, -0.2) is 5.01 Å². The van der Waals surface area contributed by atoms with Gasteiger partial charge < -0.3 is 5.32 Å². The van der Waals surface area contributed by atoms with Crippen LogP contribution in [0.3, 0.4) is 0 Å². The first-order valence-electron chi connectivity index (χ1n) is 7.47. The molecule has 0 saturated heterocycles. The molecule has 1 aliphatic heterocycles. The van der Waals surface area contributed by atoms with E-state index in [9.17, 15) is 9.59 Å². The Morgan fingerprint density at radius 3 is 2.48 bits per heavy atom. The molecule has 3 rings (SSSR count). The quantitative estimate of drug-likeness (QED) is 0.947. The molecule has 0 bridgehead atoms.